The molecular formula is C9H18ClNO2. The number of unbranched alkanes of at least 4 members (excludes halogenated alkanes) is 1. The van der Waals surface area contributed by atoms with E-state index in [-0.39, 0.29) is 5.97 Å². The molecule has 0 aromatic heterocycles. The van der Waals surface area contributed by atoms with Gasteiger partial charge in [0.15, 0.2) is 0 Å². The molecule has 3 nitrogen and oxygen atoms in total. The van der Waals surface area contributed by atoms with Gasteiger partial charge in [-0.25, -0.2) is 0 Å². The maximum Gasteiger partial charge on any atom is 0.305 e. The lowest BCUT2D eigenvalue weighted by atomic mass is 10.2. The standard InChI is InChI=1S/C9H18ClNO2/c1-11(2)7-8-13-9(12)5-3-4-6-10/h3-8H2,1-2H3. The molecule has 78 valence electrons. The van der Waals surface area contributed by atoms with Gasteiger partial charge in [-0.05, 0) is 26.9 Å². The van der Waals surface area contributed by atoms with E-state index in [0.29, 0.717) is 18.9 Å². The third-order valence-corrected chi connectivity index (χ3v) is 1.83. The Morgan fingerprint density at radius 2 is 2.08 bits per heavy atom. The van der Waals surface area contributed by atoms with E-state index in [1.165, 1.54) is 0 Å². The Morgan fingerprint density at radius 1 is 1.38 bits per heavy atom. The Morgan fingerprint density at radius 3 is 2.62 bits per heavy atom. The van der Waals surface area contributed by atoms with Crippen molar-refractivity contribution in [3.05, 3.63) is 0 Å². The lowest BCUT2D eigenvalue weighted by molar-refractivity contribution is -0.144. The summed E-state index contributed by atoms with van der Waals surface area (Å²) in [6, 6.07) is 0. The number of likely N-dealkylation sites (N-methyl/N-ethyl adjacent to an activating group) is 1. The first kappa shape index (κ1) is 12.7. The Kier molecular flexibility index (Phi) is 8.14. The molecular weight excluding hydrogens is 190 g/mol. The molecule has 0 saturated heterocycles. The molecule has 0 bridgehead atoms. The van der Waals surface area contributed by atoms with Gasteiger partial charge in [0.1, 0.15) is 6.61 Å². The van der Waals surface area contributed by atoms with Crippen molar-refractivity contribution >= 4 is 17.6 Å². The Labute approximate surface area is 85.0 Å². The van der Waals surface area contributed by atoms with Crippen LogP contribution in [0.2, 0.25) is 0 Å². The minimum atomic E-state index is -0.119. The molecule has 13 heavy (non-hydrogen) atoms. The lowest BCUT2D eigenvalue weighted by Crippen LogP contribution is -2.20. The van der Waals surface area contributed by atoms with E-state index in [1.807, 2.05) is 19.0 Å². The summed E-state index contributed by atoms with van der Waals surface area (Å²) in [5.41, 5.74) is 0. The van der Waals surface area contributed by atoms with Crippen LogP contribution in [-0.4, -0.2) is 44.0 Å². The van der Waals surface area contributed by atoms with E-state index in [4.69, 9.17) is 16.3 Å². The van der Waals surface area contributed by atoms with Crippen LogP contribution in [0.25, 0.3) is 0 Å². The summed E-state index contributed by atoms with van der Waals surface area (Å²) in [5, 5.41) is 0. The average Bonchev–Trinajstić information content (AvgIpc) is 2.04. The van der Waals surface area contributed by atoms with Gasteiger partial charge in [0.05, 0.1) is 0 Å². The van der Waals surface area contributed by atoms with Crippen molar-refractivity contribution in [3.8, 4) is 0 Å². The van der Waals surface area contributed by atoms with Crippen LogP contribution >= 0.6 is 11.6 Å². The number of esters is 1. The normalized spacial score (nSPS) is 10.5. The number of rotatable bonds is 7. The first-order chi connectivity index (χ1) is 6.16. The van der Waals surface area contributed by atoms with Gasteiger partial charge >= 0.3 is 5.97 Å². The minimum absolute atomic E-state index is 0.119. The first-order valence-corrected chi connectivity index (χ1v) is 5.06. The fourth-order valence-corrected chi connectivity index (χ4v) is 0.967. The van der Waals surface area contributed by atoms with E-state index in [2.05, 4.69) is 0 Å². The molecule has 0 radical (unpaired) electrons. The van der Waals surface area contributed by atoms with Crippen molar-refractivity contribution in [2.24, 2.45) is 0 Å². The predicted octanol–water partition coefficient (Wildman–Crippen LogP) is 1.50. The quantitative estimate of drug-likeness (QED) is 0.360. The number of alkyl halides is 1. The molecule has 0 N–H and O–H groups in total. The van der Waals surface area contributed by atoms with E-state index in [9.17, 15) is 4.79 Å². The smallest absolute Gasteiger partial charge is 0.305 e. The molecule has 0 amide bonds. The Bertz CT molecular complexity index is 140. The zero-order valence-corrected chi connectivity index (χ0v) is 9.14. The second-order valence-electron chi connectivity index (χ2n) is 3.17. The Hall–Kier alpha value is -0.280. The maximum absolute atomic E-state index is 11.0. The van der Waals surface area contributed by atoms with Crippen molar-refractivity contribution in [1.29, 1.82) is 0 Å². The topological polar surface area (TPSA) is 29.5 Å². The van der Waals surface area contributed by atoms with E-state index < -0.39 is 0 Å². The number of nitrogens with zero attached hydrogens (tertiary/aromatic N) is 1. The first-order valence-electron chi connectivity index (χ1n) is 4.53. The second-order valence-corrected chi connectivity index (χ2v) is 3.55. The molecule has 0 aromatic rings. The van der Waals surface area contributed by atoms with Gasteiger partial charge < -0.3 is 9.64 Å². The van der Waals surface area contributed by atoms with Crippen molar-refractivity contribution < 1.29 is 9.53 Å². The molecule has 0 spiro atoms. The monoisotopic (exact) mass is 207 g/mol. The SMILES string of the molecule is CN(C)CCOC(=O)CCCCCl. The largest absolute Gasteiger partial charge is 0.464 e. The molecule has 0 unspecified atom stereocenters. The Balaban J connectivity index is 3.20. The molecule has 0 aliphatic rings. The van der Waals surface area contributed by atoms with E-state index in [1.54, 1.807) is 0 Å². The fourth-order valence-electron chi connectivity index (χ4n) is 0.778. The van der Waals surface area contributed by atoms with E-state index >= 15 is 0 Å². The van der Waals surface area contributed by atoms with Gasteiger partial charge in [-0.3, -0.25) is 4.79 Å². The number of carbonyl (C=O) groups excluding carboxylic acids is 1. The van der Waals surface area contributed by atoms with E-state index in [0.717, 1.165) is 19.4 Å². The van der Waals surface area contributed by atoms with Gasteiger partial charge in [-0.15, -0.1) is 11.6 Å². The van der Waals surface area contributed by atoms with Crippen LogP contribution in [0.1, 0.15) is 19.3 Å². The highest BCUT2D eigenvalue weighted by atomic mass is 35.5. The molecule has 0 aliphatic heterocycles. The van der Waals surface area contributed by atoms with Crippen molar-refractivity contribution in [2.75, 3.05) is 33.1 Å². The summed E-state index contributed by atoms with van der Waals surface area (Å²) in [5.74, 6) is 0.498. The van der Waals surface area contributed by atoms with Gasteiger partial charge in [-0.1, -0.05) is 0 Å². The molecule has 0 rings (SSSR count). The molecule has 0 aliphatic carbocycles. The number of halogens is 1. The summed E-state index contributed by atoms with van der Waals surface area (Å²) in [7, 11) is 3.89. The number of carbonyl (C=O) groups is 1. The van der Waals surface area contributed by atoms with Crippen LogP contribution in [0.4, 0.5) is 0 Å². The van der Waals surface area contributed by atoms with Crippen molar-refractivity contribution in [2.45, 2.75) is 19.3 Å². The highest BCUT2D eigenvalue weighted by Crippen LogP contribution is 1.98. The molecule has 0 fully saturated rings. The van der Waals surface area contributed by atoms with Crippen molar-refractivity contribution in [1.82, 2.24) is 4.90 Å². The summed E-state index contributed by atoms with van der Waals surface area (Å²) < 4.78 is 4.98. The number of hydrogen-bond acceptors (Lipinski definition) is 3. The zero-order chi connectivity index (χ0) is 10.1. The minimum Gasteiger partial charge on any atom is -0.464 e. The molecule has 0 aromatic carbocycles. The second kappa shape index (κ2) is 8.32. The van der Waals surface area contributed by atoms with Crippen LogP contribution in [0.3, 0.4) is 0 Å². The fraction of sp³-hybridized carbons (Fsp3) is 0.889. The number of hydrogen-bond donors (Lipinski definition) is 0. The summed E-state index contributed by atoms with van der Waals surface area (Å²) in [6.07, 6.45) is 2.19. The number of ether oxygens (including phenoxy) is 1. The average molecular weight is 208 g/mol. The van der Waals surface area contributed by atoms with Crippen molar-refractivity contribution in [3.63, 3.8) is 0 Å². The zero-order valence-electron chi connectivity index (χ0n) is 8.38. The summed E-state index contributed by atoms with van der Waals surface area (Å²) in [4.78, 5) is 13.0. The van der Waals surface area contributed by atoms with Crippen LogP contribution in [-0.2, 0) is 9.53 Å². The molecule has 0 saturated carbocycles. The predicted molar refractivity (Wildman–Crippen MR) is 54.1 cm³/mol. The lowest BCUT2D eigenvalue weighted by Gasteiger charge is -2.09. The van der Waals surface area contributed by atoms with Crippen LogP contribution in [0, 0.1) is 0 Å². The molecule has 4 heteroatoms. The third-order valence-electron chi connectivity index (χ3n) is 1.57. The highest BCUT2D eigenvalue weighted by molar-refractivity contribution is 6.17. The third kappa shape index (κ3) is 9.64. The highest BCUT2D eigenvalue weighted by Gasteiger charge is 2.01. The van der Waals surface area contributed by atoms with Gasteiger partial charge in [0, 0.05) is 18.8 Å². The van der Waals surface area contributed by atoms with Crippen LogP contribution in [0.15, 0.2) is 0 Å². The van der Waals surface area contributed by atoms with Gasteiger partial charge in [-0.2, -0.15) is 0 Å². The van der Waals surface area contributed by atoms with Gasteiger partial charge in [0.2, 0.25) is 0 Å². The van der Waals surface area contributed by atoms with Crippen LogP contribution < -0.4 is 0 Å². The summed E-state index contributed by atoms with van der Waals surface area (Å²) in [6.45, 7) is 1.26. The van der Waals surface area contributed by atoms with Gasteiger partial charge in [0.25, 0.3) is 0 Å². The summed E-state index contributed by atoms with van der Waals surface area (Å²) >= 11 is 5.47. The molecule has 0 atom stereocenters. The maximum atomic E-state index is 11.0. The molecule has 0 heterocycles. The van der Waals surface area contributed by atoms with Crippen LogP contribution in [0.5, 0.6) is 0 Å².